The molecule has 0 saturated heterocycles. The van der Waals surface area contributed by atoms with Crippen LogP contribution in [-0.4, -0.2) is 18.9 Å². The number of allylic oxidation sites excluding steroid dienone is 1. The summed E-state index contributed by atoms with van der Waals surface area (Å²) in [6.45, 7) is 1.86. The van der Waals surface area contributed by atoms with Crippen molar-refractivity contribution in [2.45, 2.75) is 13.1 Å². The number of rotatable bonds is 2. The van der Waals surface area contributed by atoms with Crippen LogP contribution in [0.1, 0.15) is 9.75 Å². The van der Waals surface area contributed by atoms with Crippen molar-refractivity contribution in [1.82, 2.24) is 0 Å². The molecule has 88 valence electrons. The molecule has 16 heavy (non-hydrogen) atoms. The summed E-state index contributed by atoms with van der Waals surface area (Å²) in [7, 11) is 1.09. The zero-order valence-corrected chi connectivity index (χ0v) is 9.62. The summed E-state index contributed by atoms with van der Waals surface area (Å²) >= 11 is 1.34. The molecule has 1 aromatic rings. The Morgan fingerprint density at radius 2 is 2.06 bits per heavy atom. The van der Waals surface area contributed by atoms with E-state index in [1.165, 1.54) is 11.3 Å². The summed E-state index contributed by atoms with van der Waals surface area (Å²) in [6, 6.07) is 3.49. The van der Waals surface area contributed by atoms with Gasteiger partial charge < -0.3 is 5.73 Å². The molecule has 0 atom stereocenters. The number of alkyl halides is 3. The van der Waals surface area contributed by atoms with Crippen LogP contribution in [0.15, 0.2) is 23.2 Å². The summed E-state index contributed by atoms with van der Waals surface area (Å²) in [5.41, 5.74) is 4.68. The van der Waals surface area contributed by atoms with Gasteiger partial charge in [0.2, 0.25) is 0 Å². The standard InChI is InChI=1S/C10H11F3N2S/c1-6-3-4-8(16-6)7(14)5-9(15-2)10(11,12)13/h3-5H,14H2,1-2H3. The Morgan fingerprint density at radius 1 is 1.44 bits per heavy atom. The molecule has 0 fully saturated rings. The Morgan fingerprint density at radius 3 is 2.44 bits per heavy atom. The van der Waals surface area contributed by atoms with Gasteiger partial charge >= 0.3 is 6.18 Å². The predicted molar refractivity (Wildman–Crippen MR) is 60.6 cm³/mol. The molecule has 0 spiro atoms. The van der Waals surface area contributed by atoms with Crippen LogP contribution >= 0.6 is 11.3 Å². The predicted octanol–water partition coefficient (Wildman–Crippen LogP) is 2.99. The van der Waals surface area contributed by atoms with Crippen LogP contribution in [0.25, 0.3) is 5.70 Å². The highest BCUT2D eigenvalue weighted by Crippen LogP contribution is 2.23. The topological polar surface area (TPSA) is 38.4 Å². The molecular formula is C10H11F3N2S. The molecule has 0 amide bonds. The van der Waals surface area contributed by atoms with Gasteiger partial charge in [0.15, 0.2) is 0 Å². The van der Waals surface area contributed by atoms with Gasteiger partial charge in [0.25, 0.3) is 0 Å². The number of aliphatic imine (C=N–C) groups is 1. The van der Waals surface area contributed by atoms with E-state index < -0.39 is 11.9 Å². The molecule has 6 heteroatoms. The van der Waals surface area contributed by atoms with Crippen LogP contribution in [0.2, 0.25) is 0 Å². The Bertz CT molecular complexity index is 430. The summed E-state index contributed by atoms with van der Waals surface area (Å²) in [5, 5.41) is 0. The molecule has 0 aliphatic heterocycles. The lowest BCUT2D eigenvalue weighted by atomic mass is 10.2. The van der Waals surface area contributed by atoms with Crippen LogP contribution in [0.5, 0.6) is 0 Å². The smallest absolute Gasteiger partial charge is 0.398 e. The minimum atomic E-state index is -4.47. The van der Waals surface area contributed by atoms with Gasteiger partial charge in [0.1, 0.15) is 5.71 Å². The van der Waals surface area contributed by atoms with Crippen molar-refractivity contribution in [3.8, 4) is 0 Å². The largest absolute Gasteiger partial charge is 0.432 e. The van der Waals surface area contributed by atoms with Crippen molar-refractivity contribution < 1.29 is 13.2 Å². The lowest BCUT2D eigenvalue weighted by molar-refractivity contribution is -0.0577. The molecule has 0 saturated carbocycles. The number of hydrogen-bond donors (Lipinski definition) is 1. The highest BCUT2D eigenvalue weighted by Gasteiger charge is 2.33. The quantitative estimate of drug-likeness (QED) is 0.803. The zero-order valence-electron chi connectivity index (χ0n) is 8.80. The van der Waals surface area contributed by atoms with Gasteiger partial charge in [-0.3, -0.25) is 4.99 Å². The van der Waals surface area contributed by atoms with Crippen LogP contribution in [0, 0.1) is 6.92 Å². The van der Waals surface area contributed by atoms with E-state index in [2.05, 4.69) is 4.99 Å². The van der Waals surface area contributed by atoms with Crippen molar-refractivity contribution in [3.63, 3.8) is 0 Å². The average molecular weight is 248 g/mol. The summed E-state index contributed by atoms with van der Waals surface area (Å²) in [5.74, 6) is 0. The molecule has 2 N–H and O–H groups in total. The van der Waals surface area contributed by atoms with E-state index in [0.29, 0.717) is 4.88 Å². The van der Waals surface area contributed by atoms with Gasteiger partial charge in [-0.2, -0.15) is 13.2 Å². The van der Waals surface area contributed by atoms with Crippen LogP contribution < -0.4 is 5.73 Å². The molecule has 2 nitrogen and oxygen atoms in total. The third-order valence-electron chi connectivity index (χ3n) is 1.85. The maximum Gasteiger partial charge on any atom is 0.432 e. The molecule has 0 bridgehead atoms. The molecule has 1 rings (SSSR count). The normalized spacial score (nSPS) is 14.3. The second-order valence-corrected chi connectivity index (χ2v) is 4.40. The molecular weight excluding hydrogens is 237 g/mol. The molecule has 0 aromatic carbocycles. The molecule has 0 aliphatic rings. The van der Waals surface area contributed by atoms with Gasteiger partial charge in [0, 0.05) is 11.9 Å². The third kappa shape index (κ3) is 3.10. The first-order chi connectivity index (χ1) is 7.34. The minimum Gasteiger partial charge on any atom is -0.398 e. The Labute approximate surface area is 95.3 Å². The second kappa shape index (κ2) is 4.69. The van der Waals surface area contributed by atoms with Gasteiger partial charge in [-0.1, -0.05) is 0 Å². The van der Waals surface area contributed by atoms with Crippen molar-refractivity contribution in [1.29, 1.82) is 0 Å². The van der Waals surface area contributed by atoms with Crippen molar-refractivity contribution >= 4 is 22.7 Å². The SMILES string of the molecule is CN=C(C=C(N)c1ccc(C)s1)C(F)(F)F. The van der Waals surface area contributed by atoms with E-state index in [-0.39, 0.29) is 5.70 Å². The fraction of sp³-hybridized carbons (Fsp3) is 0.300. The number of nitrogens with zero attached hydrogens (tertiary/aromatic N) is 1. The molecule has 0 aliphatic carbocycles. The van der Waals surface area contributed by atoms with E-state index in [1.54, 1.807) is 12.1 Å². The lowest BCUT2D eigenvalue weighted by Gasteiger charge is -2.06. The van der Waals surface area contributed by atoms with Crippen molar-refractivity contribution in [2.75, 3.05) is 7.05 Å². The Kier molecular flexibility index (Phi) is 3.74. The first-order valence-electron chi connectivity index (χ1n) is 4.42. The summed E-state index contributed by atoms with van der Waals surface area (Å²) < 4.78 is 37.1. The summed E-state index contributed by atoms with van der Waals surface area (Å²) in [4.78, 5) is 4.78. The van der Waals surface area contributed by atoms with E-state index >= 15 is 0 Å². The van der Waals surface area contributed by atoms with Gasteiger partial charge in [-0.15, -0.1) is 11.3 Å². The van der Waals surface area contributed by atoms with Gasteiger partial charge in [-0.25, -0.2) is 0 Å². The molecule has 0 unspecified atom stereocenters. The highest BCUT2D eigenvalue weighted by molar-refractivity contribution is 7.13. The highest BCUT2D eigenvalue weighted by atomic mass is 32.1. The van der Waals surface area contributed by atoms with E-state index in [0.717, 1.165) is 18.0 Å². The Hall–Kier alpha value is -1.30. The van der Waals surface area contributed by atoms with Crippen molar-refractivity contribution in [3.05, 3.63) is 28.0 Å². The molecule has 1 aromatic heterocycles. The first-order valence-corrected chi connectivity index (χ1v) is 5.24. The van der Waals surface area contributed by atoms with Crippen LogP contribution in [0.4, 0.5) is 13.2 Å². The monoisotopic (exact) mass is 248 g/mol. The van der Waals surface area contributed by atoms with Crippen LogP contribution in [-0.2, 0) is 0 Å². The number of halogens is 3. The Balaban J connectivity index is 3.01. The minimum absolute atomic E-state index is 0.0797. The number of nitrogens with two attached hydrogens (primary N) is 1. The van der Waals surface area contributed by atoms with E-state index in [9.17, 15) is 13.2 Å². The molecule has 0 radical (unpaired) electrons. The van der Waals surface area contributed by atoms with Crippen LogP contribution in [0.3, 0.4) is 0 Å². The third-order valence-corrected chi connectivity index (χ3v) is 2.90. The lowest BCUT2D eigenvalue weighted by Crippen LogP contribution is -2.21. The van der Waals surface area contributed by atoms with Gasteiger partial charge in [0.05, 0.1) is 10.6 Å². The number of aryl methyl sites for hydroxylation is 1. The number of hydrogen-bond acceptors (Lipinski definition) is 3. The zero-order chi connectivity index (χ0) is 12.3. The fourth-order valence-electron chi connectivity index (χ4n) is 1.08. The number of thiophene rings is 1. The fourth-order valence-corrected chi connectivity index (χ4v) is 1.88. The van der Waals surface area contributed by atoms with Crippen molar-refractivity contribution in [2.24, 2.45) is 10.7 Å². The first kappa shape index (κ1) is 12.8. The maximum absolute atomic E-state index is 12.4. The summed E-state index contributed by atoms with van der Waals surface area (Å²) in [6.07, 6.45) is -3.61. The van der Waals surface area contributed by atoms with E-state index in [4.69, 9.17) is 5.73 Å². The second-order valence-electron chi connectivity index (χ2n) is 3.12. The average Bonchev–Trinajstić information content (AvgIpc) is 2.59. The molecule has 1 heterocycles. The van der Waals surface area contributed by atoms with Gasteiger partial charge in [-0.05, 0) is 25.1 Å². The van der Waals surface area contributed by atoms with E-state index in [1.807, 2.05) is 6.92 Å². The maximum atomic E-state index is 12.4.